The lowest BCUT2D eigenvalue weighted by molar-refractivity contribution is 0.299. The minimum Gasteiger partial charge on any atom is -0.487 e. The molecule has 0 unspecified atom stereocenters. The fraction of sp³-hybridized carbons (Fsp3) is 0.300. The molecule has 0 saturated carbocycles. The maximum absolute atomic E-state index is 5.91. The Bertz CT molecular complexity index is 790. The molecule has 3 heteroatoms. The molecule has 0 fully saturated rings. The summed E-state index contributed by atoms with van der Waals surface area (Å²) in [6, 6.07) is 6.32. The van der Waals surface area contributed by atoms with Crippen molar-refractivity contribution in [1.29, 1.82) is 0 Å². The molecular formula is C20H22N2O. The van der Waals surface area contributed by atoms with Crippen molar-refractivity contribution in [2.75, 3.05) is 0 Å². The second-order valence-electron chi connectivity index (χ2n) is 6.22. The second kappa shape index (κ2) is 6.37. The molecule has 1 aliphatic carbocycles. The van der Waals surface area contributed by atoms with Crippen molar-refractivity contribution in [3.63, 3.8) is 0 Å². The summed E-state index contributed by atoms with van der Waals surface area (Å²) < 4.78 is 5.91. The topological polar surface area (TPSA) is 35.0 Å². The van der Waals surface area contributed by atoms with E-state index < -0.39 is 0 Å². The standard InChI is InChI=1S/C20H22N2O/c1-13(2)9-16-5-6-17-10-18(7-8-19(16)17)23-12-20-15(4)22-14(3)11-21-20/h5,7-8,10-11H,1,6,9,12H2,2-4H3. The summed E-state index contributed by atoms with van der Waals surface area (Å²) in [5.41, 5.74) is 7.96. The number of ether oxygens (including phenoxy) is 1. The molecule has 0 atom stereocenters. The van der Waals surface area contributed by atoms with Gasteiger partial charge in [0.15, 0.2) is 0 Å². The minimum atomic E-state index is 0.448. The Hall–Kier alpha value is -2.42. The number of hydrogen-bond donors (Lipinski definition) is 0. The molecule has 23 heavy (non-hydrogen) atoms. The average molecular weight is 306 g/mol. The fourth-order valence-electron chi connectivity index (χ4n) is 2.89. The van der Waals surface area contributed by atoms with Gasteiger partial charge in [-0.2, -0.15) is 0 Å². The molecular weight excluding hydrogens is 284 g/mol. The number of nitrogens with zero attached hydrogens (tertiary/aromatic N) is 2. The molecule has 118 valence electrons. The van der Waals surface area contributed by atoms with Crippen molar-refractivity contribution in [2.24, 2.45) is 0 Å². The summed E-state index contributed by atoms with van der Waals surface area (Å²) in [5.74, 6) is 0.885. The minimum absolute atomic E-state index is 0.448. The molecule has 0 saturated heterocycles. The first kappa shape index (κ1) is 15.5. The van der Waals surface area contributed by atoms with E-state index in [1.165, 1.54) is 22.3 Å². The third-order valence-corrected chi connectivity index (χ3v) is 4.03. The van der Waals surface area contributed by atoms with Crippen LogP contribution >= 0.6 is 0 Å². The van der Waals surface area contributed by atoms with Gasteiger partial charge in [-0.1, -0.05) is 24.3 Å². The first-order chi connectivity index (χ1) is 11.0. The van der Waals surface area contributed by atoms with Crippen molar-refractivity contribution < 1.29 is 4.74 Å². The van der Waals surface area contributed by atoms with Gasteiger partial charge in [0.2, 0.25) is 0 Å². The molecule has 0 radical (unpaired) electrons. The fourth-order valence-corrected chi connectivity index (χ4v) is 2.89. The van der Waals surface area contributed by atoms with Gasteiger partial charge < -0.3 is 4.74 Å². The van der Waals surface area contributed by atoms with E-state index in [1.54, 1.807) is 6.20 Å². The molecule has 0 N–H and O–H groups in total. The SMILES string of the molecule is C=C(C)CC1=CCc2cc(OCc3ncc(C)nc3C)ccc21. The summed E-state index contributed by atoms with van der Waals surface area (Å²) >= 11 is 0. The van der Waals surface area contributed by atoms with Crippen LogP contribution in [0.15, 0.2) is 42.6 Å². The van der Waals surface area contributed by atoms with Crippen LogP contribution in [0.25, 0.3) is 5.57 Å². The highest BCUT2D eigenvalue weighted by Crippen LogP contribution is 2.33. The van der Waals surface area contributed by atoms with Gasteiger partial charge in [0, 0.05) is 6.20 Å². The first-order valence-electron chi connectivity index (χ1n) is 7.91. The van der Waals surface area contributed by atoms with E-state index >= 15 is 0 Å². The molecule has 1 aromatic heterocycles. The van der Waals surface area contributed by atoms with E-state index in [4.69, 9.17) is 4.74 Å². The number of hydrogen-bond acceptors (Lipinski definition) is 3. The number of aryl methyl sites for hydroxylation is 2. The van der Waals surface area contributed by atoms with Crippen LogP contribution in [0.2, 0.25) is 0 Å². The van der Waals surface area contributed by atoms with Gasteiger partial charge in [-0.3, -0.25) is 9.97 Å². The van der Waals surface area contributed by atoms with Crippen molar-refractivity contribution in [2.45, 2.75) is 40.2 Å². The summed E-state index contributed by atoms with van der Waals surface area (Å²) in [7, 11) is 0. The summed E-state index contributed by atoms with van der Waals surface area (Å²) in [5, 5.41) is 0. The van der Waals surface area contributed by atoms with Crippen LogP contribution in [0.1, 0.15) is 41.6 Å². The van der Waals surface area contributed by atoms with E-state index in [2.05, 4.69) is 41.7 Å². The number of allylic oxidation sites excluding steroid dienone is 3. The van der Waals surface area contributed by atoms with E-state index in [9.17, 15) is 0 Å². The zero-order chi connectivity index (χ0) is 16.4. The quantitative estimate of drug-likeness (QED) is 0.759. The molecule has 1 heterocycles. The van der Waals surface area contributed by atoms with Crippen LogP contribution in [-0.4, -0.2) is 9.97 Å². The highest BCUT2D eigenvalue weighted by atomic mass is 16.5. The Balaban J connectivity index is 1.70. The Morgan fingerprint density at radius 2 is 2.13 bits per heavy atom. The molecule has 2 aromatic rings. The predicted octanol–water partition coefficient (Wildman–Crippen LogP) is 4.58. The normalized spacial score (nSPS) is 12.7. The summed E-state index contributed by atoms with van der Waals surface area (Å²) in [6.07, 6.45) is 5.99. The van der Waals surface area contributed by atoms with Gasteiger partial charge >= 0.3 is 0 Å². The number of benzene rings is 1. The van der Waals surface area contributed by atoms with E-state index in [-0.39, 0.29) is 0 Å². The van der Waals surface area contributed by atoms with Gasteiger partial charge in [-0.05, 0) is 62.4 Å². The highest BCUT2D eigenvalue weighted by molar-refractivity contribution is 5.75. The molecule has 1 aromatic carbocycles. The third kappa shape index (κ3) is 3.50. The largest absolute Gasteiger partial charge is 0.487 e. The molecule has 0 bridgehead atoms. The molecule has 3 rings (SSSR count). The van der Waals surface area contributed by atoms with Crippen LogP contribution in [0.4, 0.5) is 0 Å². The highest BCUT2D eigenvalue weighted by Gasteiger charge is 2.15. The van der Waals surface area contributed by atoms with Gasteiger partial charge in [-0.15, -0.1) is 0 Å². The van der Waals surface area contributed by atoms with Crippen LogP contribution in [0.5, 0.6) is 5.75 Å². The molecule has 0 aliphatic heterocycles. The monoisotopic (exact) mass is 306 g/mol. The van der Waals surface area contributed by atoms with E-state index in [0.29, 0.717) is 6.61 Å². The molecule has 3 nitrogen and oxygen atoms in total. The molecule has 0 amide bonds. The zero-order valence-electron chi connectivity index (χ0n) is 14.0. The van der Waals surface area contributed by atoms with Crippen LogP contribution in [0, 0.1) is 13.8 Å². The van der Waals surface area contributed by atoms with Crippen molar-refractivity contribution in [3.8, 4) is 5.75 Å². The number of rotatable bonds is 5. The van der Waals surface area contributed by atoms with Gasteiger partial charge in [0.1, 0.15) is 12.4 Å². The summed E-state index contributed by atoms with van der Waals surface area (Å²) in [4.78, 5) is 8.82. The third-order valence-electron chi connectivity index (χ3n) is 4.03. The Morgan fingerprint density at radius 3 is 2.87 bits per heavy atom. The zero-order valence-corrected chi connectivity index (χ0v) is 14.0. The number of aromatic nitrogens is 2. The predicted molar refractivity (Wildman–Crippen MR) is 93.4 cm³/mol. The maximum Gasteiger partial charge on any atom is 0.132 e. The number of fused-ring (bicyclic) bond motifs is 1. The van der Waals surface area contributed by atoms with Gasteiger partial charge in [-0.25, -0.2) is 0 Å². The van der Waals surface area contributed by atoms with Crippen molar-refractivity contribution in [1.82, 2.24) is 9.97 Å². The Labute approximate surface area is 137 Å². The van der Waals surface area contributed by atoms with Gasteiger partial charge in [0.05, 0.1) is 17.1 Å². The molecule has 0 spiro atoms. The van der Waals surface area contributed by atoms with Gasteiger partial charge in [0.25, 0.3) is 0 Å². The molecule has 1 aliphatic rings. The van der Waals surface area contributed by atoms with Crippen molar-refractivity contribution in [3.05, 3.63) is 70.8 Å². The van der Waals surface area contributed by atoms with Crippen LogP contribution in [-0.2, 0) is 13.0 Å². The average Bonchev–Trinajstić information content (AvgIpc) is 2.88. The van der Waals surface area contributed by atoms with E-state index in [1.807, 2.05) is 19.9 Å². The Kier molecular flexibility index (Phi) is 4.28. The Morgan fingerprint density at radius 1 is 1.30 bits per heavy atom. The second-order valence-corrected chi connectivity index (χ2v) is 6.22. The lowest BCUT2D eigenvalue weighted by atomic mass is 10.0. The first-order valence-corrected chi connectivity index (χ1v) is 7.91. The van der Waals surface area contributed by atoms with Crippen molar-refractivity contribution >= 4 is 5.57 Å². The van der Waals surface area contributed by atoms with Crippen LogP contribution < -0.4 is 4.74 Å². The van der Waals surface area contributed by atoms with Crippen LogP contribution in [0.3, 0.4) is 0 Å². The summed E-state index contributed by atoms with van der Waals surface area (Å²) in [6.45, 7) is 10.4. The lowest BCUT2D eigenvalue weighted by Gasteiger charge is -2.11. The maximum atomic E-state index is 5.91. The lowest BCUT2D eigenvalue weighted by Crippen LogP contribution is -2.04. The smallest absolute Gasteiger partial charge is 0.132 e. The van der Waals surface area contributed by atoms with E-state index in [0.717, 1.165) is 35.7 Å².